The first-order valence-corrected chi connectivity index (χ1v) is 5.99. The van der Waals surface area contributed by atoms with Crippen molar-refractivity contribution < 1.29 is 4.39 Å². The summed E-state index contributed by atoms with van der Waals surface area (Å²) in [6.07, 6.45) is 0. The molecule has 0 aliphatic rings. The minimum atomic E-state index is -0.314. The highest BCUT2D eigenvalue weighted by molar-refractivity contribution is 6.29. The summed E-state index contributed by atoms with van der Waals surface area (Å²) in [5, 5.41) is 3.30. The quantitative estimate of drug-likeness (QED) is 0.848. The average molecular weight is 266 g/mol. The van der Waals surface area contributed by atoms with Crippen LogP contribution in [0.15, 0.2) is 30.3 Å². The summed E-state index contributed by atoms with van der Waals surface area (Å²) >= 11 is 5.93. The molecule has 1 aromatic carbocycles. The van der Waals surface area contributed by atoms with Gasteiger partial charge < -0.3 is 5.32 Å². The van der Waals surface area contributed by atoms with Crippen LogP contribution >= 0.6 is 11.6 Å². The SMILES string of the molecule is CC(C)c1cc(Cl)nc(Nc2cccc(F)c2)n1. The fourth-order valence-corrected chi connectivity index (χ4v) is 1.67. The first-order valence-electron chi connectivity index (χ1n) is 5.61. The molecule has 0 aliphatic heterocycles. The van der Waals surface area contributed by atoms with Gasteiger partial charge in [0.25, 0.3) is 0 Å². The highest BCUT2D eigenvalue weighted by Gasteiger charge is 2.07. The van der Waals surface area contributed by atoms with Crippen LogP contribution in [0.1, 0.15) is 25.5 Å². The molecule has 3 nitrogen and oxygen atoms in total. The zero-order valence-corrected chi connectivity index (χ0v) is 10.9. The Labute approximate surface area is 110 Å². The van der Waals surface area contributed by atoms with Crippen molar-refractivity contribution in [1.82, 2.24) is 9.97 Å². The molecule has 0 fully saturated rings. The molecule has 1 aromatic heterocycles. The number of hydrogen-bond acceptors (Lipinski definition) is 3. The largest absolute Gasteiger partial charge is 0.324 e. The third-order valence-electron chi connectivity index (χ3n) is 2.39. The molecule has 0 amide bonds. The van der Waals surface area contributed by atoms with Gasteiger partial charge in [0, 0.05) is 5.69 Å². The van der Waals surface area contributed by atoms with Crippen molar-refractivity contribution >= 4 is 23.2 Å². The molecule has 18 heavy (non-hydrogen) atoms. The van der Waals surface area contributed by atoms with Gasteiger partial charge in [0.05, 0.1) is 5.69 Å². The Balaban J connectivity index is 2.29. The zero-order chi connectivity index (χ0) is 13.1. The van der Waals surface area contributed by atoms with E-state index < -0.39 is 0 Å². The second-order valence-electron chi connectivity index (χ2n) is 4.23. The van der Waals surface area contributed by atoms with Gasteiger partial charge in [0.2, 0.25) is 5.95 Å². The van der Waals surface area contributed by atoms with E-state index >= 15 is 0 Å². The van der Waals surface area contributed by atoms with Gasteiger partial charge in [-0.05, 0) is 30.2 Å². The highest BCUT2D eigenvalue weighted by atomic mass is 35.5. The van der Waals surface area contributed by atoms with E-state index in [9.17, 15) is 4.39 Å². The zero-order valence-electron chi connectivity index (χ0n) is 10.1. The van der Waals surface area contributed by atoms with E-state index in [0.717, 1.165) is 5.69 Å². The van der Waals surface area contributed by atoms with Gasteiger partial charge in [-0.15, -0.1) is 0 Å². The van der Waals surface area contributed by atoms with E-state index in [1.54, 1.807) is 18.2 Å². The molecule has 1 heterocycles. The van der Waals surface area contributed by atoms with Crippen molar-refractivity contribution in [3.8, 4) is 0 Å². The van der Waals surface area contributed by atoms with Gasteiger partial charge in [-0.25, -0.2) is 14.4 Å². The van der Waals surface area contributed by atoms with Gasteiger partial charge in [0.15, 0.2) is 0 Å². The van der Waals surface area contributed by atoms with Crippen LogP contribution < -0.4 is 5.32 Å². The van der Waals surface area contributed by atoms with Crippen LogP contribution in [0.2, 0.25) is 5.15 Å². The smallest absolute Gasteiger partial charge is 0.228 e. The van der Waals surface area contributed by atoms with Gasteiger partial charge in [0.1, 0.15) is 11.0 Å². The molecule has 0 spiro atoms. The Bertz CT molecular complexity index is 558. The number of hydrogen-bond donors (Lipinski definition) is 1. The number of nitrogens with zero attached hydrogens (tertiary/aromatic N) is 2. The molecule has 0 unspecified atom stereocenters. The highest BCUT2D eigenvalue weighted by Crippen LogP contribution is 2.20. The number of nitrogens with one attached hydrogen (secondary N) is 1. The van der Waals surface area contributed by atoms with E-state index in [2.05, 4.69) is 15.3 Å². The molecule has 0 saturated heterocycles. The van der Waals surface area contributed by atoms with Crippen molar-refractivity contribution in [3.63, 3.8) is 0 Å². The Morgan fingerprint density at radius 2 is 2.00 bits per heavy atom. The summed E-state index contributed by atoms with van der Waals surface area (Å²) in [5.74, 6) is 0.307. The van der Waals surface area contributed by atoms with Gasteiger partial charge in [-0.3, -0.25) is 0 Å². The summed E-state index contributed by atoms with van der Waals surface area (Å²) in [6.45, 7) is 4.04. The van der Waals surface area contributed by atoms with Crippen LogP contribution in [0.3, 0.4) is 0 Å². The standard InChI is InChI=1S/C13H13ClFN3/c1-8(2)11-7-12(14)18-13(17-11)16-10-5-3-4-9(15)6-10/h3-8H,1-2H3,(H,16,17,18). The predicted molar refractivity (Wildman–Crippen MR) is 70.8 cm³/mol. The van der Waals surface area contributed by atoms with Crippen LogP contribution in [0.5, 0.6) is 0 Å². The topological polar surface area (TPSA) is 37.8 Å². The summed E-state index contributed by atoms with van der Waals surface area (Å²) in [6, 6.07) is 7.83. The van der Waals surface area contributed by atoms with E-state index in [1.807, 2.05) is 13.8 Å². The van der Waals surface area contributed by atoms with Crippen molar-refractivity contribution in [2.24, 2.45) is 0 Å². The summed E-state index contributed by atoms with van der Waals surface area (Å²) < 4.78 is 13.0. The van der Waals surface area contributed by atoms with Crippen molar-refractivity contribution in [3.05, 3.63) is 47.0 Å². The average Bonchev–Trinajstić information content (AvgIpc) is 2.28. The maximum absolute atomic E-state index is 13.0. The van der Waals surface area contributed by atoms with E-state index in [1.165, 1.54) is 12.1 Å². The van der Waals surface area contributed by atoms with Crippen LogP contribution in [-0.2, 0) is 0 Å². The van der Waals surface area contributed by atoms with Crippen LogP contribution in [0.4, 0.5) is 16.0 Å². The maximum atomic E-state index is 13.0. The lowest BCUT2D eigenvalue weighted by atomic mass is 10.1. The minimum absolute atomic E-state index is 0.249. The monoisotopic (exact) mass is 265 g/mol. The normalized spacial score (nSPS) is 10.7. The van der Waals surface area contributed by atoms with Crippen LogP contribution in [0.25, 0.3) is 0 Å². The fourth-order valence-electron chi connectivity index (χ4n) is 1.48. The lowest BCUT2D eigenvalue weighted by Gasteiger charge is -2.09. The van der Waals surface area contributed by atoms with Gasteiger partial charge in [-0.1, -0.05) is 31.5 Å². The lowest BCUT2D eigenvalue weighted by Crippen LogP contribution is -2.02. The number of benzene rings is 1. The molecule has 0 saturated carbocycles. The molecule has 2 aromatic rings. The summed E-state index contributed by atoms with van der Waals surface area (Å²) in [7, 11) is 0. The first-order chi connectivity index (χ1) is 8.54. The van der Waals surface area contributed by atoms with Gasteiger partial charge in [-0.2, -0.15) is 0 Å². The van der Waals surface area contributed by atoms with Crippen LogP contribution in [-0.4, -0.2) is 9.97 Å². The van der Waals surface area contributed by atoms with Gasteiger partial charge >= 0.3 is 0 Å². The van der Waals surface area contributed by atoms with E-state index in [0.29, 0.717) is 16.8 Å². The molecular weight excluding hydrogens is 253 g/mol. The maximum Gasteiger partial charge on any atom is 0.228 e. The van der Waals surface area contributed by atoms with E-state index in [-0.39, 0.29) is 11.7 Å². The number of halogens is 2. The molecule has 94 valence electrons. The first kappa shape index (κ1) is 12.8. The lowest BCUT2D eigenvalue weighted by molar-refractivity contribution is 0.628. The molecule has 0 bridgehead atoms. The summed E-state index contributed by atoms with van der Waals surface area (Å²) in [4.78, 5) is 8.39. The number of rotatable bonds is 3. The van der Waals surface area contributed by atoms with E-state index in [4.69, 9.17) is 11.6 Å². The second kappa shape index (κ2) is 5.31. The Morgan fingerprint density at radius 1 is 1.22 bits per heavy atom. The molecule has 0 radical (unpaired) electrons. The third kappa shape index (κ3) is 3.17. The Hall–Kier alpha value is -1.68. The second-order valence-corrected chi connectivity index (χ2v) is 4.62. The molecule has 0 atom stereocenters. The Morgan fingerprint density at radius 3 is 2.67 bits per heavy atom. The molecule has 1 N–H and O–H groups in total. The van der Waals surface area contributed by atoms with Crippen molar-refractivity contribution in [2.45, 2.75) is 19.8 Å². The predicted octanol–water partition coefficient (Wildman–Crippen LogP) is 4.14. The minimum Gasteiger partial charge on any atom is -0.324 e. The summed E-state index contributed by atoms with van der Waals surface area (Å²) in [5.41, 5.74) is 1.43. The number of anilines is 2. The molecule has 5 heteroatoms. The van der Waals surface area contributed by atoms with Crippen LogP contribution in [0, 0.1) is 5.82 Å². The molecular formula is C13H13ClFN3. The molecule has 0 aliphatic carbocycles. The fraction of sp³-hybridized carbons (Fsp3) is 0.231. The van der Waals surface area contributed by atoms with Crippen molar-refractivity contribution in [2.75, 3.05) is 5.32 Å². The third-order valence-corrected chi connectivity index (χ3v) is 2.58. The number of aromatic nitrogens is 2. The van der Waals surface area contributed by atoms with Crippen molar-refractivity contribution in [1.29, 1.82) is 0 Å². The molecule has 2 rings (SSSR count). The Kier molecular flexibility index (Phi) is 3.77.